The molecule has 1 aromatic rings. The smallest absolute Gasteiger partial charge is 0.252 e. The van der Waals surface area contributed by atoms with E-state index in [-0.39, 0.29) is 29.5 Å². The van der Waals surface area contributed by atoms with Crippen molar-refractivity contribution in [3.8, 4) is 11.8 Å². The van der Waals surface area contributed by atoms with Crippen molar-refractivity contribution in [2.24, 2.45) is 5.41 Å². The molecule has 0 aliphatic carbocycles. The standard InChI is InChI=1S/C16H20FNO2/c1-11(16(2,3)4)18-15(20)14-10-13(17)8-7-12(14)6-5-9-19/h7-8,10-11,19H,9H2,1-4H3,(H,18,20). The fourth-order valence-electron chi connectivity index (χ4n) is 1.44. The molecule has 0 fully saturated rings. The van der Waals surface area contributed by atoms with E-state index in [0.717, 1.165) is 6.07 Å². The Labute approximate surface area is 119 Å². The Hall–Kier alpha value is -1.86. The van der Waals surface area contributed by atoms with E-state index in [1.165, 1.54) is 12.1 Å². The van der Waals surface area contributed by atoms with Gasteiger partial charge in [-0.05, 0) is 30.5 Å². The lowest BCUT2D eigenvalue weighted by atomic mass is 9.88. The summed E-state index contributed by atoms with van der Waals surface area (Å²) >= 11 is 0. The highest BCUT2D eigenvalue weighted by Gasteiger charge is 2.23. The topological polar surface area (TPSA) is 49.3 Å². The second kappa shape index (κ2) is 6.53. The number of amides is 1. The molecule has 1 unspecified atom stereocenters. The van der Waals surface area contributed by atoms with Gasteiger partial charge in [0.25, 0.3) is 5.91 Å². The third-order valence-corrected chi connectivity index (χ3v) is 3.17. The first kappa shape index (κ1) is 16.2. The quantitative estimate of drug-likeness (QED) is 0.815. The van der Waals surface area contributed by atoms with Gasteiger partial charge in [0.15, 0.2) is 0 Å². The minimum Gasteiger partial charge on any atom is -0.384 e. The molecule has 0 heterocycles. The average molecular weight is 277 g/mol. The number of aliphatic hydroxyl groups excluding tert-OH is 1. The van der Waals surface area contributed by atoms with Crippen LogP contribution >= 0.6 is 0 Å². The van der Waals surface area contributed by atoms with Crippen molar-refractivity contribution in [2.45, 2.75) is 33.7 Å². The highest BCUT2D eigenvalue weighted by atomic mass is 19.1. The molecule has 1 atom stereocenters. The van der Waals surface area contributed by atoms with Crippen LogP contribution in [0.25, 0.3) is 0 Å². The third kappa shape index (κ3) is 4.36. The van der Waals surface area contributed by atoms with Gasteiger partial charge < -0.3 is 10.4 Å². The van der Waals surface area contributed by atoms with Crippen LogP contribution in [-0.2, 0) is 0 Å². The van der Waals surface area contributed by atoms with Crippen LogP contribution in [0.5, 0.6) is 0 Å². The summed E-state index contributed by atoms with van der Waals surface area (Å²) in [6, 6.07) is 3.77. The molecule has 2 N–H and O–H groups in total. The van der Waals surface area contributed by atoms with Gasteiger partial charge in [-0.1, -0.05) is 32.6 Å². The Balaban J connectivity index is 3.05. The minimum absolute atomic E-state index is 0.0723. The molecule has 0 aliphatic heterocycles. The van der Waals surface area contributed by atoms with Gasteiger partial charge in [0.05, 0.1) is 5.56 Å². The fourth-order valence-corrected chi connectivity index (χ4v) is 1.44. The van der Waals surface area contributed by atoms with Gasteiger partial charge in [-0.2, -0.15) is 0 Å². The second-order valence-electron chi connectivity index (χ2n) is 5.71. The highest BCUT2D eigenvalue weighted by Crippen LogP contribution is 2.19. The first-order chi connectivity index (χ1) is 9.25. The van der Waals surface area contributed by atoms with Crippen molar-refractivity contribution < 1.29 is 14.3 Å². The van der Waals surface area contributed by atoms with Crippen LogP contribution in [-0.4, -0.2) is 23.7 Å². The van der Waals surface area contributed by atoms with E-state index in [9.17, 15) is 9.18 Å². The molecule has 108 valence electrons. The molecular weight excluding hydrogens is 257 g/mol. The maximum Gasteiger partial charge on any atom is 0.252 e. The van der Waals surface area contributed by atoms with Crippen LogP contribution in [0, 0.1) is 23.1 Å². The van der Waals surface area contributed by atoms with Crippen LogP contribution in [0.15, 0.2) is 18.2 Å². The van der Waals surface area contributed by atoms with Gasteiger partial charge in [-0.3, -0.25) is 4.79 Å². The van der Waals surface area contributed by atoms with E-state index in [0.29, 0.717) is 5.56 Å². The van der Waals surface area contributed by atoms with Crippen LogP contribution in [0.4, 0.5) is 4.39 Å². The van der Waals surface area contributed by atoms with Crippen LogP contribution < -0.4 is 5.32 Å². The lowest BCUT2D eigenvalue weighted by Crippen LogP contribution is -2.41. The minimum atomic E-state index is -0.492. The van der Waals surface area contributed by atoms with Crippen molar-refractivity contribution in [3.05, 3.63) is 35.1 Å². The monoisotopic (exact) mass is 277 g/mol. The van der Waals surface area contributed by atoms with Crippen molar-refractivity contribution >= 4 is 5.91 Å². The van der Waals surface area contributed by atoms with Crippen molar-refractivity contribution in [1.29, 1.82) is 0 Å². The number of carbonyl (C=O) groups is 1. The zero-order chi connectivity index (χ0) is 15.3. The van der Waals surface area contributed by atoms with Gasteiger partial charge >= 0.3 is 0 Å². The average Bonchev–Trinajstić information content (AvgIpc) is 2.36. The summed E-state index contributed by atoms with van der Waals surface area (Å²) in [5, 5.41) is 11.6. The SMILES string of the molecule is CC(NC(=O)c1cc(F)ccc1C#CCO)C(C)(C)C. The van der Waals surface area contributed by atoms with E-state index in [1.54, 1.807) is 0 Å². The lowest BCUT2D eigenvalue weighted by Gasteiger charge is -2.28. The largest absolute Gasteiger partial charge is 0.384 e. The number of halogens is 1. The highest BCUT2D eigenvalue weighted by molar-refractivity contribution is 5.97. The zero-order valence-corrected chi connectivity index (χ0v) is 12.2. The normalized spacial score (nSPS) is 12.3. The molecule has 1 rings (SSSR count). The predicted octanol–water partition coefficient (Wildman–Crippen LogP) is 2.33. The molecule has 0 bridgehead atoms. The summed E-state index contributed by atoms with van der Waals surface area (Å²) in [6.07, 6.45) is 0. The lowest BCUT2D eigenvalue weighted by molar-refractivity contribution is 0.0909. The molecule has 20 heavy (non-hydrogen) atoms. The number of hydrogen-bond acceptors (Lipinski definition) is 2. The number of benzene rings is 1. The fraction of sp³-hybridized carbons (Fsp3) is 0.438. The number of hydrogen-bond donors (Lipinski definition) is 2. The van der Waals surface area contributed by atoms with E-state index in [2.05, 4.69) is 17.2 Å². The molecule has 0 aromatic heterocycles. The summed E-state index contributed by atoms with van der Waals surface area (Å²) in [4.78, 5) is 12.2. The second-order valence-corrected chi connectivity index (χ2v) is 5.71. The van der Waals surface area contributed by atoms with Crippen LogP contribution in [0.1, 0.15) is 43.6 Å². The maximum atomic E-state index is 13.3. The van der Waals surface area contributed by atoms with E-state index in [1.807, 2.05) is 27.7 Å². The van der Waals surface area contributed by atoms with Gasteiger partial charge in [0.1, 0.15) is 12.4 Å². The van der Waals surface area contributed by atoms with Crippen molar-refractivity contribution in [2.75, 3.05) is 6.61 Å². The van der Waals surface area contributed by atoms with Crippen molar-refractivity contribution in [3.63, 3.8) is 0 Å². The van der Waals surface area contributed by atoms with E-state index >= 15 is 0 Å². The Bertz CT molecular complexity index is 550. The summed E-state index contributed by atoms with van der Waals surface area (Å²) < 4.78 is 13.3. The molecule has 1 aromatic carbocycles. The third-order valence-electron chi connectivity index (χ3n) is 3.17. The molecule has 0 saturated carbocycles. The molecule has 1 amide bonds. The summed E-state index contributed by atoms with van der Waals surface area (Å²) in [5.74, 6) is 4.26. The van der Waals surface area contributed by atoms with Gasteiger partial charge in [0.2, 0.25) is 0 Å². The molecule has 3 nitrogen and oxygen atoms in total. The Morgan fingerprint density at radius 2 is 2.10 bits per heavy atom. The van der Waals surface area contributed by atoms with E-state index in [4.69, 9.17) is 5.11 Å². The number of carbonyl (C=O) groups excluding carboxylic acids is 1. The molecule has 0 saturated heterocycles. The Morgan fingerprint density at radius 1 is 1.45 bits per heavy atom. The van der Waals surface area contributed by atoms with Gasteiger partial charge in [-0.25, -0.2) is 4.39 Å². The molecule has 0 radical (unpaired) electrons. The first-order valence-corrected chi connectivity index (χ1v) is 6.46. The number of nitrogens with one attached hydrogen (secondary N) is 1. The number of rotatable bonds is 2. The Morgan fingerprint density at radius 3 is 2.65 bits per heavy atom. The molecule has 0 spiro atoms. The predicted molar refractivity (Wildman–Crippen MR) is 76.7 cm³/mol. The van der Waals surface area contributed by atoms with Crippen LogP contribution in [0.3, 0.4) is 0 Å². The molecule has 4 heteroatoms. The Kier molecular flexibility index (Phi) is 5.29. The summed E-state index contributed by atoms with van der Waals surface area (Å²) in [5.41, 5.74) is 0.487. The van der Waals surface area contributed by atoms with Gasteiger partial charge in [-0.15, -0.1) is 0 Å². The summed E-state index contributed by atoms with van der Waals surface area (Å²) in [7, 11) is 0. The van der Waals surface area contributed by atoms with E-state index < -0.39 is 5.82 Å². The first-order valence-electron chi connectivity index (χ1n) is 6.46. The van der Waals surface area contributed by atoms with Gasteiger partial charge in [0, 0.05) is 11.6 Å². The van der Waals surface area contributed by atoms with Crippen molar-refractivity contribution in [1.82, 2.24) is 5.32 Å². The summed E-state index contributed by atoms with van der Waals surface area (Å²) in [6.45, 7) is 7.62. The molecular formula is C16H20FNO2. The maximum absolute atomic E-state index is 13.3. The zero-order valence-electron chi connectivity index (χ0n) is 12.2. The molecule has 0 aliphatic rings. The van der Waals surface area contributed by atoms with Crippen LogP contribution in [0.2, 0.25) is 0 Å². The number of aliphatic hydroxyl groups is 1.